The molecule has 1 N–H and O–H groups in total. The molecule has 2 rings (SSSR count). The monoisotopic (exact) mass is 540 g/mol. The Hall–Kier alpha value is -1.78. The standard InChI is InChI=1S/C22H19Br2ClO4/c1-2-28-21(22(26)27)13-16-7-8-20(19(25)12-16)29-9-5-3-4-6-15-10-17(23)14-18(24)11-15/h3,5,7-8,10-12,14,21H,2,9,13H2,1H3,(H,26,27)/b5-3-. The van der Waals surface area contributed by atoms with Crippen LogP contribution in [0.25, 0.3) is 0 Å². The van der Waals surface area contributed by atoms with Crippen LogP contribution in [-0.4, -0.2) is 30.4 Å². The van der Waals surface area contributed by atoms with Crippen molar-refractivity contribution in [2.45, 2.75) is 19.4 Å². The average Bonchev–Trinajstić information content (AvgIpc) is 2.64. The van der Waals surface area contributed by atoms with Crippen LogP contribution in [0.1, 0.15) is 18.1 Å². The Kier molecular flexibility index (Phi) is 9.75. The molecule has 4 nitrogen and oxygen atoms in total. The first-order valence-electron chi connectivity index (χ1n) is 8.77. The van der Waals surface area contributed by atoms with Gasteiger partial charge in [0.15, 0.2) is 6.10 Å². The lowest BCUT2D eigenvalue weighted by atomic mass is 10.1. The summed E-state index contributed by atoms with van der Waals surface area (Å²) < 4.78 is 12.8. The van der Waals surface area contributed by atoms with Gasteiger partial charge in [0.1, 0.15) is 12.4 Å². The van der Waals surface area contributed by atoms with E-state index in [9.17, 15) is 9.90 Å². The quantitative estimate of drug-likeness (QED) is 0.423. The average molecular weight is 543 g/mol. The SMILES string of the molecule is CCOC(Cc1ccc(OC/C=C\C#Cc2cc(Br)cc(Br)c2)c(Cl)c1)C(=O)O. The van der Waals surface area contributed by atoms with Gasteiger partial charge in [0, 0.05) is 27.5 Å². The van der Waals surface area contributed by atoms with E-state index in [4.69, 9.17) is 21.1 Å². The number of allylic oxidation sites excluding steroid dienone is 1. The topological polar surface area (TPSA) is 55.8 Å². The fraction of sp³-hybridized carbons (Fsp3) is 0.227. The Morgan fingerprint density at radius 2 is 1.97 bits per heavy atom. The first-order valence-corrected chi connectivity index (χ1v) is 10.7. The molecular formula is C22H19Br2ClO4. The molecule has 0 fully saturated rings. The molecule has 0 aliphatic rings. The lowest BCUT2D eigenvalue weighted by Gasteiger charge is -2.13. The van der Waals surface area contributed by atoms with Gasteiger partial charge in [-0.15, -0.1) is 0 Å². The molecule has 0 bridgehead atoms. The number of hydrogen-bond acceptors (Lipinski definition) is 3. The van der Waals surface area contributed by atoms with E-state index in [-0.39, 0.29) is 6.42 Å². The van der Waals surface area contributed by atoms with E-state index in [2.05, 4.69) is 43.7 Å². The van der Waals surface area contributed by atoms with Gasteiger partial charge in [-0.2, -0.15) is 0 Å². The Morgan fingerprint density at radius 3 is 2.59 bits per heavy atom. The second kappa shape index (κ2) is 12.0. The van der Waals surface area contributed by atoms with E-state index < -0.39 is 12.1 Å². The molecule has 0 radical (unpaired) electrons. The van der Waals surface area contributed by atoms with Gasteiger partial charge < -0.3 is 14.6 Å². The summed E-state index contributed by atoms with van der Waals surface area (Å²) in [6.07, 6.45) is 2.86. The summed E-state index contributed by atoms with van der Waals surface area (Å²) in [7, 11) is 0. The smallest absolute Gasteiger partial charge is 0.333 e. The van der Waals surface area contributed by atoms with Crippen LogP contribution in [0.4, 0.5) is 0 Å². The lowest BCUT2D eigenvalue weighted by Crippen LogP contribution is -2.26. The number of halogens is 3. The van der Waals surface area contributed by atoms with Crippen LogP contribution in [-0.2, 0) is 16.0 Å². The molecule has 7 heteroatoms. The van der Waals surface area contributed by atoms with Crippen molar-refractivity contribution in [3.63, 3.8) is 0 Å². The number of rotatable bonds is 8. The maximum Gasteiger partial charge on any atom is 0.333 e. The highest BCUT2D eigenvalue weighted by Gasteiger charge is 2.18. The van der Waals surface area contributed by atoms with E-state index in [1.54, 1.807) is 37.3 Å². The molecule has 0 saturated heterocycles. The highest BCUT2D eigenvalue weighted by molar-refractivity contribution is 9.11. The van der Waals surface area contributed by atoms with Crippen LogP contribution >= 0.6 is 43.5 Å². The number of hydrogen-bond donors (Lipinski definition) is 1. The minimum atomic E-state index is -0.996. The van der Waals surface area contributed by atoms with Crippen molar-refractivity contribution in [2.75, 3.05) is 13.2 Å². The summed E-state index contributed by atoms with van der Waals surface area (Å²) in [5, 5.41) is 9.59. The van der Waals surface area contributed by atoms with Crippen LogP contribution in [0, 0.1) is 11.8 Å². The fourth-order valence-electron chi connectivity index (χ4n) is 2.42. The third-order valence-corrected chi connectivity index (χ3v) is 4.89. The van der Waals surface area contributed by atoms with Crippen molar-refractivity contribution in [3.8, 4) is 17.6 Å². The van der Waals surface area contributed by atoms with Crippen LogP contribution in [0.15, 0.2) is 57.5 Å². The highest BCUT2D eigenvalue weighted by atomic mass is 79.9. The molecular weight excluding hydrogens is 523 g/mol. The Bertz CT molecular complexity index is 927. The Morgan fingerprint density at radius 1 is 1.24 bits per heavy atom. The zero-order chi connectivity index (χ0) is 21.2. The van der Waals surface area contributed by atoms with Crippen LogP contribution in [0.3, 0.4) is 0 Å². The van der Waals surface area contributed by atoms with Crippen molar-refractivity contribution in [1.82, 2.24) is 0 Å². The van der Waals surface area contributed by atoms with Crippen LogP contribution < -0.4 is 4.74 Å². The highest BCUT2D eigenvalue weighted by Crippen LogP contribution is 2.26. The van der Waals surface area contributed by atoms with Gasteiger partial charge in [0.25, 0.3) is 0 Å². The van der Waals surface area contributed by atoms with Crippen LogP contribution in [0.5, 0.6) is 5.75 Å². The summed E-state index contributed by atoms with van der Waals surface area (Å²) in [4.78, 5) is 11.2. The van der Waals surface area contributed by atoms with Crippen molar-refractivity contribution < 1.29 is 19.4 Å². The first-order chi connectivity index (χ1) is 13.9. The molecule has 29 heavy (non-hydrogen) atoms. The summed E-state index contributed by atoms with van der Waals surface area (Å²) in [5.41, 5.74) is 1.66. The van der Waals surface area contributed by atoms with Gasteiger partial charge in [-0.05, 0) is 55.0 Å². The molecule has 152 valence electrons. The molecule has 1 unspecified atom stereocenters. The minimum absolute atomic E-state index is 0.240. The van der Waals surface area contributed by atoms with Gasteiger partial charge in [-0.1, -0.05) is 61.4 Å². The number of carboxylic acids is 1. The van der Waals surface area contributed by atoms with E-state index in [1.165, 1.54) is 0 Å². The summed E-state index contributed by atoms with van der Waals surface area (Å²) in [5.74, 6) is 5.52. The molecule has 0 saturated carbocycles. The molecule has 1 atom stereocenters. The number of aliphatic carboxylic acids is 1. The molecule has 0 heterocycles. The molecule has 2 aromatic rings. The zero-order valence-electron chi connectivity index (χ0n) is 15.6. The molecule has 0 aliphatic carbocycles. The summed E-state index contributed by atoms with van der Waals surface area (Å²) >= 11 is 13.1. The molecule has 2 aromatic carbocycles. The second-order valence-corrected chi connectivity index (χ2v) is 8.13. The lowest BCUT2D eigenvalue weighted by molar-refractivity contribution is -0.149. The minimum Gasteiger partial charge on any atom is -0.488 e. The van der Waals surface area contributed by atoms with Crippen molar-refractivity contribution in [3.05, 3.63) is 73.6 Å². The maximum absolute atomic E-state index is 11.2. The van der Waals surface area contributed by atoms with E-state index in [0.717, 1.165) is 20.1 Å². The zero-order valence-corrected chi connectivity index (χ0v) is 19.6. The largest absolute Gasteiger partial charge is 0.488 e. The molecule has 0 spiro atoms. The molecule has 0 aromatic heterocycles. The maximum atomic E-state index is 11.2. The second-order valence-electron chi connectivity index (χ2n) is 5.89. The first kappa shape index (κ1) is 23.5. The van der Waals surface area contributed by atoms with E-state index in [0.29, 0.717) is 24.0 Å². The number of carboxylic acid groups (broad SMARTS) is 1. The third-order valence-electron chi connectivity index (χ3n) is 3.68. The van der Waals surface area contributed by atoms with E-state index >= 15 is 0 Å². The van der Waals surface area contributed by atoms with Crippen molar-refractivity contribution in [2.24, 2.45) is 0 Å². The summed E-state index contributed by atoms with van der Waals surface area (Å²) in [6, 6.07) is 11.0. The van der Waals surface area contributed by atoms with Gasteiger partial charge in [-0.25, -0.2) is 4.79 Å². The van der Waals surface area contributed by atoms with Gasteiger partial charge in [0.05, 0.1) is 5.02 Å². The van der Waals surface area contributed by atoms with Gasteiger partial charge in [0.2, 0.25) is 0 Å². The van der Waals surface area contributed by atoms with Gasteiger partial charge in [-0.3, -0.25) is 0 Å². The Balaban J connectivity index is 1.90. The van der Waals surface area contributed by atoms with Crippen LogP contribution in [0.2, 0.25) is 5.02 Å². The number of benzene rings is 2. The predicted molar refractivity (Wildman–Crippen MR) is 122 cm³/mol. The molecule has 0 aliphatic heterocycles. The van der Waals surface area contributed by atoms with Crippen molar-refractivity contribution >= 4 is 49.4 Å². The van der Waals surface area contributed by atoms with Crippen molar-refractivity contribution in [1.29, 1.82) is 0 Å². The van der Waals surface area contributed by atoms with E-state index in [1.807, 2.05) is 18.2 Å². The number of carbonyl (C=O) groups is 1. The third kappa shape index (κ3) is 8.23. The van der Waals surface area contributed by atoms with Gasteiger partial charge >= 0.3 is 5.97 Å². The predicted octanol–water partition coefficient (Wildman–Crippen LogP) is 5.88. The fourth-order valence-corrected chi connectivity index (χ4v) is 3.97. The summed E-state index contributed by atoms with van der Waals surface area (Å²) in [6.45, 7) is 2.40. The number of ether oxygens (including phenoxy) is 2. The molecule has 0 amide bonds. The normalized spacial score (nSPS) is 11.7. The Labute approximate surface area is 192 Å².